The van der Waals surface area contributed by atoms with E-state index < -0.39 is 34.6 Å². The Morgan fingerprint density at radius 1 is 1.36 bits per heavy atom. The Balaban J connectivity index is 1.78. The maximum Gasteiger partial charge on any atom is 0.310 e. The van der Waals surface area contributed by atoms with E-state index in [0.717, 1.165) is 6.42 Å². The normalized spacial score (nSPS) is 29.1. The van der Waals surface area contributed by atoms with E-state index in [1.54, 1.807) is 58.0 Å². The predicted molar refractivity (Wildman–Crippen MR) is 142 cm³/mol. The summed E-state index contributed by atoms with van der Waals surface area (Å²) >= 11 is 8.05. The number of benzene rings is 1. The van der Waals surface area contributed by atoms with Crippen molar-refractivity contribution >= 4 is 46.8 Å². The zero-order valence-corrected chi connectivity index (χ0v) is 22.0. The van der Waals surface area contributed by atoms with Crippen LogP contribution >= 0.6 is 23.4 Å². The van der Waals surface area contributed by atoms with Gasteiger partial charge in [-0.1, -0.05) is 42.8 Å². The van der Waals surface area contributed by atoms with Crippen molar-refractivity contribution in [3.63, 3.8) is 0 Å². The number of fused-ring (bicyclic) bond motifs is 1. The van der Waals surface area contributed by atoms with Gasteiger partial charge in [0.15, 0.2) is 0 Å². The highest BCUT2D eigenvalue weighted by Crippen LogP contribution is 2.67. The van der Waals surface area contributed by atoms with E-state index in [9.17, 15) is 19.5 Å². The standard InChI is InChI=1S/C27H33ClN2O5S/c1-4-7-15-35-26(34)21-20-12-13-27(36-20)22(21)24(32)30(17(6-3)16-31)23(27)25(33)29(14-5-2)19-11-9-8-10-18(19)28/h4-5,8-11,17,20-23,31H,1-2,6-7,12-16H2,3H3/t17-,20-,21+,22-,23?,27?/m0/s1. The molecular weight excluding hydrogens is 500 g/mol. The first-order chi connectivity index (χ1) is 17.4. The van der Waals surface area contributed by atoms with Gasteiger partial charge in [0.05, 0.1) is 46.5 Å². The number of carbonyl (C=O) groups is 3. The first-order valence-corrected chi connectivity index (χ1v) is 13.7. The Hall–Kier alpha value is -2.29. The minimum Gasteiger partial charge on any atom is -0.465 e. The quantitative estimate of drug-likeness (QED) is 0.265. The zero-order chi connectivity index (χ0) is 26.0. The molecule has 1 aromatic rings. The lowest BCUT2D eigenvalue weighted by molar-refractivity contribution is -0.154. The van der Waals surface area contributed by atoms with E-state index in [1.807, 2.05) is 6.92 Å². The van der Waals surface area contributed by atoms with E-state index in [0.29, 0.717) is 30.0 Å². The topological polar surface area (TPSA) is 87.2 Å². The van der Waals surface area contributed by atoms with Crippen LogP contribution in [-0.2, 0) is 19.1 Å². The van der Waals surface area contributed by atoms with Gasteiger partial charge in [0.1, 0.15) is 6.04 Å². The second-order valence-electron chi connectivity index (χ2n) is 9.48. The highest BCUT2D eigenvalue weighted by atomic mass is 35.5. The van der Waals surface area contributed by atoms with Crippen LogP contribution in [0.3, 0.4) is 0 Å². The van der Waals surface area contributed by atoms with E-state index in [2.05, 4.69) is 13.2 Å². The fourth-order valence-corrected chi connectivity index (χ4v) is 8.46. The van der Waals surface area contributed by atoms with Gasteiger partial charge in [-0.3, -0.25) is 14.4 Å². The van der Waals surface area contributed by atoms with Crippen molar-refractivity contribution in [2.75, 3.05) is 24.7 Å². The molecule has 2 unspecified atom stereocenters. The summed E-state index contributed by atoms with van der Waals surface area (Å²) in [5.74, 6) is -2.23. The second-order valence-corrected chi connectivity index (χ2v) is 11.5. The molecule has 0 aromatic heterocycles. The average molecular weight is 533 g/mol. The zero-order valence-electron chi connectivity index (χ0n) is 20.5. The molecule has 0 saturated carbocycles. The molecule has 3 fully saturated rings. The SMILES string of the molecule is C=CCCOC(=O)[C@@H]1[C@@H]2CCC3(S2)C(C(=O)N(CC=C)c2ccccc2Cl)N([C@@H](CC)CO)C(=O)[C@H]13. The van der Waals surface area contributed by atoms with Crippen molar-refractivity contribution in [2.24, 2.45) is 11.8 Å². The van der Waals surface area contributed by atoms with E-state index in [4.69, 9.17) is 16.3 Å². The van der Waals surface area contributed by atoms with Crippen LogP contribution in [0.15, 0.2) is 49.6 Å². The van der Waals surface area contributed by atoms with E-state index >= 15 is 0 Å². The lowest BCUT2D eigenvalue weighted by Crippen LogP contribution is -2.57. The molecule has 4 rings (SSSR count). The Kier molecular flexibility index (Phi) is 8.17. The number of aliphatic hydroxyl groups excluding tert-OH is 1. The molecule has 2 bridgehead atoms. The minimum atomic E-state index is -0.843. The molecule has 194 valence electrons. The summed E-state index contributed by atoms with van der Waals surface area (Å²) in [5, 5.41) is 10.5. The van der Waals surface area contributed by atoms with Gasteiger partial charge in [-0.05, 0) is 37.8 Å². The molecule has 6 atom stereocenters. The van der Waals surface area contributed by atoms with Gasteiger partial charge >= 0.3 is 5.97 Å². The van der Waals surface area contributed by atoms with Gasteiger partial charge in [-0.2, -0.15) is 0 Å². The molecule has 3 heterocycles. The fourth-order valence-electron chi connectivity index (χ4n) is 6.04. The summed E-state index contributed by atoms with van der Waals surface area (Å²) < 4.78 is 4.74. The van der Waals surface area contributed by atoms with Crippen molar-refractivity contribution in [1.29, 1.82) is 0 Å². The monoisotopic (exact) mass is 532 g/mol. The summed E-state index contributed by atoms with van der Waals surface area (Å²) in [6.45, 7) is 9.50. The van der Waals surface area contributed by atoms with E-state index in [1.165, 1.54) is 0 Å². The van der Waals surface area contributed by atoms with Gasteiger partial charge in [0.2, 0.25) is 5.91 Å². The van der Waals surface area contributed by atoms with Crippen LogP contribution in [0.25, 0.3) is 0 Å². The number of hydrogen-bond acceptors (Lipinski definition) is 6. The van der Waals surface area contributed by atoms with Crippen LogP contribution in [0.5, 0.6) is 0 Å². The predicted octanol–water partition coefficient (Wildman–Crippen LogP) is 3.84. The van der Waals surface area contributed by atoms with Crippen LogP contribution in [0, 0.1) is 11.8 Å². The number of carbonyl (C=O) groups excluding carboxylic acids is 3. The molecule has 1 aromatic carbocycles. The number of para-hydroxylation sites is 1. The lowest BCUT2D eigenvalue weighted by Gasteiger charge is -2.39. The molecule has 3 aliphatic heterocycles. The number of halogens is 1. The number of hydrogen-bond donors (Lipinski definition) is 1. The molecular formula is C27H33ClN2O5S. The summed E-state index contributed by atoms with van der Waals surface area (Å²) in [6, 6.07) is 5.69. The number of thioether (sulfide) groups is 1. The number of nitrogens with zero attached hydrogens (tertiary/aromatic N) is 2. The Labute approximate surface area is 221 Å². The molecule has 1 N–H and O–H groups in total. The summed E-state index contributed by atoms with van der Waals surface area (Å²) in [7, 11) is 0. The summed E-state index contributed by atoms with van der Waals surface area (Å²) in [4.78, 5) is 44.7. The first-order valence-electron chi connectivity index (χ1n) is 12.4. The van der Waals surface area contributed by atoms with Crippen LogP contribution in [0.4, 0.5) is 5.69 Å². The van der Waals surface area contributed by atoms with Crippen molar-refractivity contribution in [2.45, 2.75) is 54.7 Å². The lowest BCUT2D eigenvalue weighted by atomic mass is 9.71. The molecule has 3 saturated heterocycles. The van der Waals surface area contributed by atoms with Crippen LogP contribution in [-0.4, -0.2) is 69.6 Å². The van der Waals surface area contributed by atoms with Gasteiger partial charge in [0, 0.05) is 11.8 Å². The molecule has 0 aliphatic carbocycles. The van der Waals surface area contributed by atoms with Crippen molar-refractivity contribution < 1.29 is 24.2 Å². The highest BCUT2D eigenvalue weighted by molar-refractivity contribution is 8.02. The second kappa shape index (κ2) is 11.0. The molecule has 36 heavy (non-hydrogen) atoms. The summed E-state index contributed by atoms with van der Waals surface area (Å²) in [5.41, 5.74) is 0.534. The Morgan fingerprint density at radius 2 is 2.11 bits per heavy atom. The van der Waals surface area contributed by atoms with Crippen molar-refractivity contribution in [3.8, 4) is 0 Å². The van der Waals surface area contributed by atoms with Gasteiger partial charge < -0.3 is 19.6 Å². The molecule has 9 heteroatoms. The number of amides is 2. The minimum absolute atomic E-state index is 0.0880. The number of esters is 1. The molecule has 0 radical (unpaired) electrons. The average Bonchev–Trinajstić information content (AvgIpc) is 3.51. The van der Waals surface area contributed by atoms with Gasteiger partial charge in [-0.25, -0.2) is 0 Å². The largest absolute Gasteiger partial charge is 0.465 e. The first kappa shape index (κ1) is 26.8. The van der Waals surface area contributed by atoms with Crippen molar-refractivity contribution in [1.82, 2.24) is 4.90 Å². The van der Waals surface area contributed by atoms with Crippen LogP contribution in [0.2, 0.25) is 5.02 Å². The van der Waals surface area contributed by atoms with E-state index in [-0.39, 0.29) is 36.8 Å². The van der Waals surface area contributed by atoms with Crippen LogP contribution in [0.1, 0.15) is 32.6 Å². The maximum absolute atomic E-state index is 14.4. The number of aliphatic hydroxyl groups is 1. The smallest absolute Gasteiger partial charge is 0.310 e. The third-order valence-electron chi connectivity index (χ3n) is 7.61. The van der Waals surface area contributed by atoms with Crippen molar-refractivity contribution in [3.05, 3.63) is 54.6 Å². The highest BCUT2D eigenvalue weighted by Gasteiger charge is 2.74. The molecule has 1 spiro atoms. The fraction of sp³-hybridized carbons (Fsp3) is 0.519. The number of anilines is 1. The molecule has 2 amide bonds. The number of ether oxygens (including phenoxy) is 1. The van der Waals surface area contributed by atoms with Gasteiger partial charge in [0.25, 0.3) is 5.91 Å². The third-order valence-corrected chi connectivity index (χ3v) is 9.88. The molecule has 7 nitrogen and oxygen atoms in total. The summed E-state index contributed by atoms with van der Waals surface area (Å²) in [6.07, 6.45) is 5.66. The van der Waals surface area contributed by atoms with Crippen LogP contribution < -0.4 is 4.90 Å². The molecule has 3 aliphatic rings. The third kappa shape index (κ3) is 4.27. The number of likely N-dealkylation sites (tertiary alicyclic amines) is 1. The maximum atomic E-state index is 14.4. The van der Waals surface area contributed by atoms with Gasteiger partial charge in [-0.15, -0.1) is 24.9 Å². The number of rotatable bonds is 11. The Bertz CT molecular complexity index is 1050. The Morgan fingerprint density at radius 3 is 2.75 bits per heavy atom.